The highest BCUT2D eigenvalue weighted by atomic mass is 16.2. The number of nitrogens with zero attached hydrogens (tertiary/aromatic N) is 1. The van der Waals surface area contributed by atoms with E-state index in [9.17, 15) is 4.79 Å². The van der Waals surface area contributed by atoms with Gasteiger partial charge in [-0.15, -0.1) is 0 Å². The van der Waals surface area contributed by atoms with Crippen LogP contribution in [0.5, 0.6) is 0 Å². The first-order chi connectivity index (χ1) is 14.3. The number of hydrogen-bond acceptors (Lipinski definition) is 2. The summed E-state index contributed by atoms with van der Waals surface area (Å²) in [6.45, 7) is 3.47. The second kappa shape index (κ2) is 9.75. The van der Waals surface area contributed by atoms with Crippen LogP contribution >= 0.6 is 0 Å². The molecule has 2 heterocycles. The van der Waals surface area contributed by atoms with Crippen molar-refractivity contribution >= 4 is 16.8 Å². The van der Waals surface area contributed by atoms with Crippen molar-refractivity contribution in [1.82, 2.24) is 15.2 Å². The van der Waals surface area contributed by atoms with Crippen molar-refractivity contribution in [1.29, 1.82) is 0 Å². The molecule has 0 spiro atoms. The number of carbonyl (C=O) groups is 1. The Hall–Kier alpha value is -2.59. The molecule has 0 radical (unpaired) electrons. The zero-order chi connectivity index (χ0) is 19.9. The van der Waals surface area contributed by atoms with Gasteiger partial charge in [0, 0.05) is 43.2 Å². The zero-order valence-corrected chi connectivity index (χ0v) is 17.1. The third kappa shape index (κ3) is 5.27. The number of piperidine rings is 1. The molecule has 4 rings (SSSR count). The predicted octanol–water partition coefficient (Wildman–Crippen LogP) is 4.17. The number of fused-ring (bicyclic) bond motifs is 1. The van der Waals surface area contributed by atoms with E-state index in [-0.39, 0.29) is 0 Å². The van der Waals surface area contributed by atoms with E-state index in [0.29, 0.717) is 18.2 Å². The van der Waals surface area contributed by atoms with Gasteiger partial charge in [0.15, 0.2) is 0 Å². The summed E-state index contributed by atoms with van der Waals surface area (Å²) in [6, 6.07) is 19.1. The molecule has 2 aromatic carbocycles. The molecule has 4 nitrogen and oxygen atoms in total. The smallest absolute Gasteiger partial charge is 0.223 e. The first-order valence-electron chi connectivity index (χ1n) is 10.9. The molecule has 4 heteroatoms. The first kappa shape index (κ1) is 19.7. The number of para-hydroxylation sites is 1. The van der Waals surface area contributed by atoms with Gasteiger partial charge in [0.25, 0.3) is 0 Å². The normalized spacial score (nSPS) is 15.1. The minimum atomic E-state index is 0.294. The van der Waals surface area contributed by atoms with Crippen molar-refractivity contribution < 1.29 is 4.79 Å². The number of rotatable bonds is 8. The molecule has 1 aliphatic rings. The lowest BCUT2D eigenvalue weighted by molar-refractivity contribution is -0.132. The fraction of sp³-hybridized carbons (Fsp3) is 0.400. The van der Waals surface area contributed by atoms with Crippen LogP contribution in [0.15, 0.2) is 60.8 Å². The fourth-order valence-corrected chi connectivity index (χ4v) is 4.37. The molecule has 1 saturated heterocycles. The second-order valence-corrected chi connectivity index (χ2v) is 8.12. The number of nitrogens with one attached hydrogen (secondary N) is 2. The van der Waals surface area contributed by atoms with Crippen molar-refractivity contribution in [3.05, 3.63) is 71.9 Å². The summed E-state index contributed by atoms with van der Waals surface area (Å²) >= 11 is 0. The van der Waals surface area contributed by atoms with Gasteiger partial charge in [-0.05, 0) is 55.3 Å². The van der Waals surface area contributed by atoms with Crippen LogP contribution in [0.3, 0.4) is 0 Å². The molecule has 1 aromatic heterocycles. The Balaban J connectivity index is 1.13. The Labute approximate surface area is 173 Å². The highest BCUT2D eigenvalue weighted by Crippen LogP contribution is 2.22. The summed E-state index contributed by atoms with van der Waals surface area (Å²) in [7, 11) is 0. The van der Waals surface area contributed by atoms with Gasteiger partial charge in [-0.3, -0.25) is 4.79 Å². The van der Waals surface area contributed by atoms with Crippen LogP contribution in [0, 0.1) is 5.92 Å². The standard InChI is InChI=1S/C25H31N3O/c29-25(28-16-12-21(13-17-28)18-20-6-2-1-3-7-20)11-15-26-14-10-22-19-27-24-9-5-4-8-23(22)24/h1-9,19,21,26-27H,10-18H2. The Morgan fingerprint density at radius 3 is 2.59 bits per heavy atom. The van der Waals surface area contributed by atoms with E-state index in [1.54, 1.807) is 0 Å². The Morgan fingerprint density at radius 1 is 1.00 bits per heavy atom. The topological polar surface area (TPSA) is 48.1 Å². The molecule has 0 saturated carbocycles. The summed E-state index contributed by atoms with van der Waals surface area (Å²) in [5.74, 6) is 0.999. The largest absolute Gasteiger partial charge is 0.361 e. The third-order valence-corrected chi connectivity index (χ3v) is 6.10. The van der Waals surface area contributed by atoms with Crippen molar-refractivity contribution in [2.24, 2.45) is 5.92 Å². The molecule has 0 unspecified atom stereocenters. The van der Waals surface area contributed by atoms with Crippen LogP contribution in [-0.4, -0.2) is 42.0 Å². The van der Waals surface area contributed by atoms with Gasteiger partial charge in [-0.25, -0.2) is 0 Å². The lowest BCUT2D eigenvalue weighted by atomic mass is 9.90. The predicted molar refractivity (Wildman–Crippen MR) is 119 cm³/mol. The number of aromatic nitrogens is 1. The lowest BCUT2D eigenvalue weighted by Crippen LogP contribution is -2.40. The summed E-state index contributed by atoms with van der Waals surface area (Å²) in [5.41, 5.74) is 3.94. The molecule has 1 amide bonds. The van der Waals surface area contributed by atoms with Gasteiger partial charge in [0.1, 0.15) is 0 Å². The molecule has 29 heavy (non-hydrogen) atoms. The zero-order valence-electron chi connectivity index (χ0n) is 17.1. The second-order valence-electron chi connectivity index (χ2n) is 8.12. The Morgan fingerprint density at radius 2 is 1.76 bits per heavy atom. The molecular formula is C25H31N3O. The Kier molecular flexibility index (Phi) is 6.63. The fourth-order valence-electron chi connectivity index (χ4n) is 4.37. The van der Waals surface area contributed by atoms with Gasteiger partial charge in [-0.1, -0.05) is 48.5 Å². The number of carbonyl (C=O) groups excluding carboxylic acids is 1. The minimum absolute atomic E-state index is 0.294. The molecule has 3 aromatic rings. The summed E-state index contributed by atoms with van der Waals surface area (Å²) in [5, 5.41) is 4.73. The maximum Gasteiger partial charge on any atom is 0.223 e. The SMILES string of the molecule is O=C(CCNCCc1c[nH]c2ccccc12)N1CCC(Cc2ccccc2)CC1. The summed E-state index contributed by atoms with van der Waals surface area (Å²) < 4.78 is 0. The van der Waals surface area contributed by atoms with E-state index in [0.717, 1.165) is 51.9 Å². The highest BCUT2D eigenvalue weighted by Gasteiger charge is 2.22. The van der Waals surface area contributed by atoms with Crippen LogP contribution in [0.1, 0.15) is 30.4 Å². The molecule has 1 aliphatic heterocycles. The van der Waals surface area contributed by atoms with E-state index in [1.807, 2.05) is 0 Å². The quantitative estimate of drug-likeness (QED) is 0.568. The van der Waals surface area contributed by atoms with Crippen molar-refractivity contribution in [2.75, 3.05) is 26.2 Å². The number of likely N-dealkylation sites (tertiary alicyclic amines) is 1. The highest BCUT2D eigenvalue weighted by molar-refractivity contribution is 5.83. The van der Waals surface area contributed by atoms with Crippen LogP contribution in [0.4, 0.5) is 0 Å². The number of hydrogen-bond donors (Lipinski definition) is 2. The summed E-state index contributed by atoms with van der Waals surface area (Å²) in [4.78, 5) is 17.9. The maximum absolute atomic E-state index is 12.5. The lowest BCUT2D eigenvalue weighted by Gasteiger charge is -2.32. The average Bonchev–Trinajstić information content (AvgIpc) is 3.18. The van der Waals surface area contributed by atoms with Crippen molar-refractivity contribution in [3.63, 3.8) is 0 Å². The van der Waals surface area contributed by atoms with E-state index in [2.05, 4.69) is 76.0 Å². The van der Waals surface area contributed by atoms with Gasteiger partial charge in [0.2, 0.25) is 5.91 Å². The van der Waals surface area contributed by atoms with E-state index < -0.39 is 0 Å². The number of aromatic amines is 1. The van der Waals surface area contributed by atoms with Crippen LogP contribution in [0.25, 0.3) is 10.9 Å². The first-order valence-corrected chi connectivity index (χ1v) is 10.9. The molecule has 0 atom stereocenters. The molecule has 152 valence electrons. The molecule has 0 bridgehead atoms. The monoisotopic (exact) mass is 389 g/mol. The minimum Gasteiger partial charge on any atom is -0.361 e. The average molecular weight is 390 g/mol. The van der Waals surface area contributed by atoms with Gasteiger partial charge >= 0.3 is 0 Å². The van der Waals surface area contributed by atoms with Crippen LogP contribution < -0.4 is 5.32 Å². The van der Waals surface area contributed by atoms with Crippen LogP contribution in [-0.2, 0) is 17.6 Å². The van der Waals surface area contributed by atoms with Gasteiger partial charge in [-0.2, -0.15) is 0 Å². The number of amides is 1. The molecule has 1 fully saturated rings. The number of benzene rings is 2. The molecular weight excluding hydrogens is 358 g/mol. The molecule has 0 aliphatic carbocycles. The van der Waals surface area contributed by atoms with E-state index in [4.69, 9.17) is 0 Å². The number of H-pyrrole nitrogens is 1. The molecule has 2 N–H and O–H groups in total. The summed E-state index contributed by atoms with van der Waals surface area (Å²) in [6.07, 6.45) is 7.04. The van der Waals surface area contributed by atoms with E-state index >= 15 is 0 Å². The maximum atomic E-state index is 12.5. The van der Waals surface area contributed by atoms with Crippen LogP contribution in [0.2, 0.25) is 0 Å². The van der Waals surface area contributed by atoms with Gasteiger partial charge < -0.3 is 15.2 Å². The third-order valence-electron chi connectivity index (χ3n) is 6.10. The van der Waals surface area contributed by atoms with Crippen molar-refractivity contribution in [3.8, 4) is 0 Å². The Bertz CT molecular complexity index is 910. The van der Waals surface area contributed by atoms with E-state index in [1.165, 1.54) is 22.0 Å². The van der Waals surface area contributed by atoms with Gasteiger partial charge in [0.05, 0.1) is 0 Å². The van der Waals surface area contributed by atoms with Crippen molar-refractivity contribution in [2.45, 2.75) is 32.1 Å².